The van der Waals surface area contributed by atoms with Crippen LogP contribution in [0.1, 0.15) is 0 Å². The summed E-state index contributed by atoms with van der Waals surface area (Å²) in [5.74, 6) is 0.260. The highest BCUT2D eigenvalue weighted by Crippen LogP contribution is 2.15. The predicted octanol–water partition coefficient (Wildman–Crippen LogP) is 1.06. The van der Waals surface area contributed by atoms with Crippen LogP contribution in [0.5, 0.6) is 0 Å². The van der Waals surface area contributed by atoms with E-state index in [0.717, 1.165) is 4.47 Å². The minimum Gasteiger partial charge on any atom is -0.318 e. The Morgan fingerprint density at radius 3 is 2.80 bits per heavy atom. The smallest absolute Gasteiger partial charge is 0.266 e. The zero-order valence-electron chi connectivity index (χ0n) is 10.7. The molecule has 2 N–H and O–H groups in total. The fraction of sp³-hybridized carbons (Fsp3) is 0.273. The molecule has 0 atom stereocenters. The van der Waals surface area contributed by atoms with Gasteiger partial charge in [0.1, 0.15) is 10.7 Å². The third-order valence-corrected chi connectivity index (χ3v) is 4.26. The maximum Gasteiger partial charge on any atom is 0.266 e. The van der Waals surface area contributed by atoms with Gasteiger partial charge in [-0.05, 0) is 35.1 Å². The van der Waals surface area contributed by atoms with Gasteiger partial charge >= 0.3 is 0 Å². The third kappa shape index (κ3) is 3.78. The van der Waals surface area contributed by atoms with Crippen LogP contribution in [0, 0.1) is 0 Å². The van der Waals surface area contributed by atoms with Crippen molar-refractivity contribution in [3.63, 3.8) is 0 Å². The lowest BCUT2D eigenvalue weighted by Gasteiger charge is -2.05. The van der Waals surface area contributed by atoms with Crippen LogP contribution in [0.3, 0.4) is 0 Å². The summed E-state index contributed by atoms with van der Waals surface area (Å²) < 4.78 is 29.0. The van der Waals surface area contributed by atoms with Crippen LogP contribution in [-0.2, 0) is 16.6 Å². The number of halogens is 1. The monoisotopic (exact) mass is 359 g/mol. The average Bonchev–Trinajstić information content (AvgIpc) is 2.88. The number of sulfonamides is 1. The Hall–Kier alpha value is -1.45. The third-order valence-electron chi connectivity index (χ3n) is 2.48. The number of nitrogens with zero attached hydrogens (tertiary/aromatic N) is 3. The molecule has 7 nitrogen and oxygen atoms in total. The predicted molar refractivity (Wildman–Crippen MR) is 78.9 cm³/mol. The molecular weight excluding hydrogens is 346 g/mol. The molecule has 0 bridgehead atoms. The van der Waals surface area contributed by atoms with E-state index < -0.39 is 10.0 Å². The first-order valence-electron chi connectivity index (χ1n) is 5.83. The molecule has 2 aromatic heterocycles. The van der Waals surface area contributed by atoms with Gasteiger partial charge in [0.2, 0.25) is 0 Å². The van der Waals surface area contributed by atoms with Gasteiger partial charge in [0.25, 0.3) is 10.0 Å². The van der Waals surface area contributed by atoms with Gasteiger partial charge in [-0.2, -0.15) is 5.10 Å². The van der Waals surface area contributed by atoms with E-state index in [0.29, 0.717) is 13.1 Å². The molecule has 0 aliphatic rings. The number of hydrogen-bond donors (Lipinski definition) is 2. The first kappa shape index (κ1) is 14.9. The molecule has 0 fully saturated rings. The van der Waals surface area contributed by atoms with Gasteiger partial charge in [-0.1, -0.05) is 0 Å². The van der Waals surface area contributed by atoms with E-state index in [2.05, 4.69) is 36.1 Å². The van der Waals surface area contributed by atoms with E-state index in [9.17, 15) is 8.42 Å². The van der Waals surface area contributed by atoms with Gasteiger partial charge in [0.05, 0.1) is 12.7 Å². The summed E-state index contributed by atoms with van der Waals surface area (Å²) in [6.07, 6.45) is 4.32. The molecule has 0 unspecified atom stereocenters. The highest BCUT2D eigenvalue weighted by Gasteiger charge is 2.17. The molecule has 0 saturated heterocycles. The van der Waals surface area contributed by atoms with Gasteiger partial charge < -0.3 is 5.32 Å². The maximum absolute atomic E-state index is 12.1. The summed E-state index contributed by atoms with van der Waals surface area (Å²) in [5.41, 5.74) is 0. The highest BCUT2D eigenvalue weighted by atomic mass is 79.9. The van der Waals surface area contributed by atoms with Crippen LogP contribution in [0.15, 0.2) is 40.1 Å². The molecule has 0 aliphatic carbocycles. The Morgan fingerprint density at radius 2 is 2.15 bits per heavy atom. The molecule has 0 saturated carbocycles. The summed E-state index contributed by atoms with van der Waals surface area (Å²) >= 11 is 3.24. The van der Waals surface area contributed by atoms with Crippen LogP contribution >= 0.6 is 15.9 Å². The molecular formula is C11H14BrN5O2S. The summed E-state index contributed by atoms with van der Waals surface area (Å²) in [5, 5.41) is 6.97. The Labute approximate surface area is 125 Å². The highest BCUT2D eigenvalue weighted by molar-refractivity contribution is 9.10. The number of aromatic nitrogens is 3. The Morgan fingerprint density at radius 1 is 1.35 bits per heavy atom. The number of hydrogen-bond acceptors (Lipinski definition) is 5. The molecule has 2 heterocycles. The first-order chi connectivity index (χ1) is 9.51. The SMILES string of the molecule is CNCCn1cc(S(=O)(=O)Nc2ccc(Br)cn2)cn1. The van der Waals surface area contributed by atoms with Crippen LogP contribution in [-0.4, -0.2) is 36.8 Å². The molecule has 0 spiro atoms. The van der Waals surface area contributed by atoms with E-state index >= 15 is 0 Å². The lowest BCUT2D eigenvalue weighted by atomic mass is 10.5. The average molecular weight is 360 g/mol. The zero-order valence-corrected chi connectivity index (χ0v) is 13.1. The van der Waals surface area contributed by atoms with Crippen molar-refractivity contribution < 1.29 is 8.42 Å². The minimum atomic E-state index is -3.66. The topological polar surface area (TPSA) is 88.9 Å². The van der Waals surface area contributed by atoms with Crippen LogP contribution in [0.2, 0.25) is 0 Å². The molecule has 0 aliphatic heterocycles. The van der Waals surface area contributed by atoms with Gasteiger partial charge in [0.15, 0.2) is 0 Å². The van der Waals surface area contributed by atoms with Gasteiger partial charge in [0, 0.05) is 23.4 Å². The van der Waals surface area contributed by atoms with Crippen molar-refractivity contribution in [2.45, 2.75) is 11.4 Å². The van der Waals surface area contributed by atoms with Crippen LogP contribution in [0.25, 0.3) is 0 Å². The quantitative estimate of drug-likeness (QED) is 0.804. The second kappa shape index (κ2) is 6.33. The van der Waals surface area contributed by atoms with Crippen molar-refractivity contribution >= 4 is 31.8 Å². The Bertz CT molecular complexity index is 668. The fourth-order valence-corrected chi connectivity index (χ4v) is 2.66. The normalized spacial score (nSPS) is 11.5. The molecule has 2 rings (SSSR count). The number of nitrogens with one attached hydrogen (secondary N) is 2. The molecule has 0 radical (unpaired) electrons. The molecule has 2 aromatic rings. The van der Waals surface area contributed by atoms with E-state index in [1.807, 2.05) is 7.05 Å². The van der Waals surface area contributed by atoms with Gasteiger partial charge in [-0.15, -0.1) is 0 Å². The lowest BCUT2D eigenvalue weighted by Crippen LogP contribution is -2.15. The Kier molecular flexibility index (Phi) is 4.73. The lowest BCUT2D eigenvalue weighted by molar-refractivity contribution is 0.582. The summed E-state index contributed by atoms with van der Waals surface area (Å²) in [6.45, 7) is 1.31. The van der Waals surface area contributed by atoms with Crippen molar-refractivity contribution in [1.29, 1.82) is 0 Å². The molecule has 0 amide bonds. The van der Waals surface area contributed by atoms with Crippen molar-refractivity contribution in [1.82, 2.24) is 20.1 Å². The molecule has 0 aromatic carbocycles. The van der Waals surface area contributed by atoms with Gasteiger partial charge in [-0.3, -0.25) is 9.40 Å². The second-order valence-corrected chi connectivity index (χ2v) is 6.61. The number of rotatable bonds is 6. The fourth-order valence-electron chi connectivity index (χ4n) is 1.46. The van der Waals surface area contributed by atoms with Crippen molar-refractivity contribution in [2.24, 2.45) is 0 Å². The molecule has 20 heavy (non-hydrogen) atoms. The summed E-state index contributed by atoms with van der Waals surface area (Å²) in [4.78, 5) is 4.08. The van der Waals surface area contributed by atoms with E-state index in [4.69, 9.17) is 0 Å². The summed E-state index contributed by atoms with van der Waals surface area (Å²) in [7, 11) is -1.84. The van der Waals surface area contributed by atoms with E-state index in [1.165, 1.54) is 18.6 Å². The van der Waals surface area contributed by atoms with Crippen molar-refractivity contribution in [3.05, 3.63) is 35.2 Å². The summed E-state index contributed by atoms with van der Waals surface area (Å²) in [6, 6.07) is 3.29. The Balaban J connectivity index is 2.13. The van der Waals surface area contributed by atoms with E-state index in [-0.39, 0.29) is 10.7 Å². The number of likely N-dealkylation sites (N-methyl/N-ethyl adjacent to an activating group) is 1. The first-order valence-corrected chi connectivity index (χ1v) is 8.10. The minimum absolute atomic E-state index is 0.110. The molecule has 108 valence electrons. The number of pyridine rings is 1. The zero-order chi connectivity index (χ0) is 14.6. The number of anilines is 1. The maximum atomic E-state index is 12.1. The molecule has 9 heteroatoms. The second-order valence-electron chi connectivity index (χ2n) is 4.01. The largest absolute Gasteiger partial charge is 0.318 e. The van der Waals surface area contributed by atoms with E-state index in [1.54, 1.807) is 16.8 Å². The van der Waals surface area contributed by atoms with Crippen molar-refractivity contribution in [3.8, 4) is 0 Å². The van der Waals surface area contributed by atoms with Crippen LogP contribution in [0.4, 0.5) is 5.82 Å². The van der Waals surface area contributed by atoms with Crippen molar-refractivity contribution in [2.75, 3.05) is 18.3 Å². The van der Waals surface area contributed by atoms with Gasteiger partial charge in [-0.25, -0.2) is 13.4 Å². The standard InChI is InChI=1S/C11H14BrN5O2S/c1-13-4-5-17-8-10(7-15-17)20(18,19)16-11-3-2-9(12)6-14-11/h2-3,6-8,13H,4-5H2,1H3,(H,14,16). The van der Waals surface area contributed by atoms with Crippen LogP contribution < -0.4 is 10.0 Å².